The number of hydrogen-bond acceptors (Lipinski definition) is 7. The Morgan fingerprint density at radius 2 is 1.87 bits per heavy atom. The van der Waals surface area contributed by atoms with Gasteiger partial charge in [-0.1, -0.05) is 35.9 Å². The first-order valence-corrected chi connectivity index (χ1v) is 11.3. The second-order valence-electron chi connectivity index (χ2n) is 6.91. The lowest BCUT2D eigenvalue weighted by Gasteiger charge is -2.33. The molecule has 4 rings (SSSR count). The first-order chi connectivity index (χ1) is 14.3. The van der Waals surface area contributed by atoms with E-state index in [0.717, 1.165) is 21.7 Å². The fourth-order valence-corrected chi connectivity index (χ4v) is 4.42. The third kappa shape index (κ3) is 4.38. The van der Waals surface area contributed by atoms with Gasteiger partial charge in [0.25, 0.3) is 5.89 Å². The Hall–Kier alpha value is -2.75. The molecule has 0 fully saturated rings. The lowest BCUT2D eigenvalue weighted by Crippen LogP contribution is -2.48. The zero-order chi connectivity index (χ0) is 21.3. The minimum atomic E-state index is -3.61. The van der Waals surface area contributed by atoms with Crippen LogP contribution < -0.4 is 0 Å². The van der Waals surface area contributed by atoms with Crippen molar-refractivity contribution >= 4 is 27.6 Å². The third-order valence-corrected chi connectivity index (χ3v) is 6.29. The van der Waals surface area contributed by atoms with Crippen molar-refractivity contribution in [2.75, 3.05) is 6.26 Å². The van der Waals surface area contributed by atoms with E-state index in [9.17, 15) is 13.2 Å². The molecule has 10 heteroatoms. The molecule has 0 radical (unpaired) electrons. The summed E-state index contributed by atoms with van der Waals surface area (Å²) in [4.78, 5) is 12.7. The molecule has 2 heterocycles. The number of carbonyl (C=O) groups is 1. The van der Waals surface area contributed by atoms with Crippen molar-refractivity contribution in [1.82, 2.24) is 14.5 Å². The highest BCUT2D eigenvalue weighted by Crippen LogP contribution is 2.26. The van der Waals surface area contributed by atoms with E-state index in [2.05, 4.69) is 10.2 Å². The average Bonchev–Trinajstić information content (AvgIpc) is 3.20. The molecule has 0 saturated carbocycles. The van der Waals surface area contributed by atoms with E-state index in [1.165, 1.54) is 0 Å². The summed E-state index contributed by atoms with van der Waals surface area (Å²) in [6.07, 6.45) is 1.32. The number of hydrogen-bond donors (Lipinski definition) is 0. The molecule has 8 nitrogen and oxygen atoms in total. The van der Waals surface area contributed by atoms with Gasteiger partial charge >= 0.3 is 5.97 Å². The summed E-state index contributed by atoms with van der Waals surface area (Å²) in [6, 6.07) is 13.3. The monoisotopic (exact) mass is 447 g/mol. The van der Waals surface area contributed by atoms with Crippen LogP contribution in [0.1, 0.15) is 17.0 Å². The normalized spacial score (nSPS) is 16.8. The zero-order valence-electron chi connectivity index (χ0n) is 16.0. The molecule has 2 aromatic carbocycles. The van der Waals surface area contributed by atoms with E-state index >= 15 is 0 Å². The highest BCUT2D eigenvalue weighted by atomic mass is 35.5. The molecule has 0 spiro atoms. The number of nitrogens with zero attached hydrogens (tertiary/aromatic N) is 3. The molecular formula is C20H18ClN3O5S. The molecule has 0 saturated heterocycles. The lowest BCUT2D eigenvalue weighted by atomic mass is 9.96. The summed E-state index contributed by atoms with van der Waals surface area (Å²) < 4.78 is 36.5. The second kappa shape index (κ2) is 8.17. The van der Waals surface area contributed by atoms with Crippen LogP contribution in [0, 0.1) is 0 Å². The van der Waals surface area contributed by atoms with Crippen molar-refractivity contribution in [3.63, 3.8) is 0 Å². The molecule has 3 aromatic rings. The van der Waals surface area contributed by atoms with Crippen molar-refractivity contribution < 1.29 is 22.4 Å². The van der Waals surface area contributed by atoms with E-state index in [1.807, 2.05) is 24.3 Å². The van der Waals surface area contributed by atoms with Crippen LogP contribution in [-0.4, -0.2) is 41.2 Å². The Morgan fingerprint density at radius 3 is 2.57 bits per heavy atom. The first-order valence-electron chi connectivity index (χ1n) is 9.10. The van der Waals surface area contributed by atoms with Crippen LogP contribution in [0.25, 0.3) is 11.5 Å². The Labute approximate surface area is 178 Å². The molecule has 0 amide bonds. The number of halogens is 1. The first kappa shape index (κ1) is 20.5. The Balaban J connectivity index is 1.47. The van der Waals surface area contributed by atoms with Crippen LogP contribution >= 0.6 is 11.6 Å². The van der Waals surface area contributed by atoms with Crippen molar-refractivity contribution in [2.45, 2.75) is 25.6 Å². The fraction of sp³-hybridized carbons (Fsp3) is 0.250. The summed E-state index contributed by atoms with van der Waals surface area (Å²) in [6.45, 7) is -0.134. The molecule has 1 aromatic heterocycles. The van der Waals surface area contributed by atoms with Crippen LogP contribution in [0.3, 0.4) is 0 Å². The minimum Gasteiger partial charge on any atom is -0.454 e. The van der Waals surface area contributed by atoms with Gasteiger partial charge in [0.15, 0.2) is 6.61 Å². The largest absolute Gasteiger partial charge is 0.454 e. The van der Waals surface area contributed by atoms with Crippen molar-refractivity contribution in [3.8, 4) is 11.5 Å². The number of rotatable bonds is 5. The summed E-state index contributed by atoms with van der Waals surface area (Å²) in [5.41, 5.74) is 2.47. The van der Waals surface area contributed by atoms with E-state index in [1.54, 1.807) is 24.3 Å². The maximum absolute atomic E-state index is 12.7. The van der Waals surface area contributed by atoms with Crippen molar-refractivity contribution in [1.29, 1.82) is 0 Å². The molecule has 1 atom stereocenters. The predicted molar refractivity (Wildman–Crippen MR) is 109 cm³/mol. The summed E-state index contributed by atoms with van der Waals surface area (Å²) in [7, 11) is -3.61. The topological polar surface area (TPSA) is 103 Å². The van der Waals surface area contributed by atoms with Crippen LogP contribution in [-0.2, 0) is 39.1 Å². The van der Waals surface area contributed by atoms with Gasteiger partial charge in [-0.05, 0) is 35.4 Å². The quantitative estimate of drug-likeness (QED) is 0.554. The van der Waals surface area contributed by atoms with Gasteiger partial charge in [-0.15, -0.1) is 10.2 Å². The number of fused-ring (bicyclic) bond motifs is 1. The molecule has 0 aliphatic carbocycles. The Morgan fingerprint density at radius 1 is 1.17 bits per heavy atom. The number of carbonyl (C=O) groups excluding carboxylic acids is 1. The van der Waals surface area contributed by atoms with E-state index in [4.69, 9.17) is 20.8 Å². The number of benzene rings is 2. The van der Waals surface area contributed by atoms with E-state index < -0.39 is 22.0 Å². The van der Waals surface area contributed by atoms with Crippen LogP contribution in [0.2, 0.25) is 5.02 Å². The third-order valence-electron chi connectivity index (χ3n) is 4.80. The minimum absolute atomic E-state index is 0.107. The molecule has 30 heavy (non-hydrogen) atoms. The van der Waals surface area contributed by atoms with Gasteiger partial charge in [0, 0.05) is 23.6 Å². The highest BCUT2D eigenvalue weighted by molar-refractivity contribution is 7.88. The number of ether oxygens (including phenoxy) is 1. The average molecular weight is 448 g/mol. The SMILES string of the molecule is CS(=O)(=O)N1Cc2ccccc2C[C@H]1C(=O)OCc1nnc(-c2ccc(Cl)cc2)o1. The van der Waals surface area contributed by atoms with Crippen LogP contribution in [0.15, 0.2) is 52.9 Å². The fourth-order valence-electron chi connectivity index (χ4n) is 3.30. The van der Waals surface area contributed by atoms with Gasteiger partial charge in [0.2, 0.25) is 15.9 Å². The summed E-state index contributed by atoms with van der Waals surface area (Å²) in [5.74, 6) is -0.293. The Kier molecular flexibility index (Phi) is 5.59. The van der Waals surface area contributed by atoms with E-state index in [-0.39, 0.29) is 31.4 Å². The Bertz CT molecular complexity index is 1180. The maximum atomic E-state index is 12.7. The van der Waals surface area contributed by atoms with Gasteiger partial charge in [-0.3, -0.25) is 4.79 Å². The van der Waals surface area contributed by atoms with E-state index in [0.29, 0.717) is 10.6 Å². The standard InChI is InChI=1S/C20H18ClN3O5S/c1-30(26,27)24-11-15-5-3-2-4-14(15)10-17(24)20(25)28-12-18-22-23-19(29-18)13-6-8-16(21)9-7-13/h2-9,17H,10-12H2,1H3/t17-/m0/s1. The summed E-state index contributed by atoms with van der Waals surface area (Å²) >= 11 is 5.87. The smallest absolute Gasteiger partial charge is 0.325 e. The molecule has 0 bridgehead atoms. The molecule has 156 valence electrons. The number of sulfonamides is 1. The van der Waals surface area contributed by atoms with Gasteiger partial charge in [0.05, 0.1) is 6.26 Å². The van der Waals surface area contributed by atoms with Crippen LogP contribution in [0.4, 0.5) is 0 Å². The maximum Gasteiger partial charge on any atom is 0.325 e. The van der Waals surface area contributed by atoms with Gasteiger partial charge in [0.1, 0.15) is 6.04 Å². The molecule has 0 N–H and O–H groups in total. The van der Waals surface area contributed by atoms with Gasteiger partial charge < -0.3 is 9.15 Å². The predicted octanol–water partition coefficient (Wildman–Crippen LogP) is 2.82. The molecular weight excluding hydrogens is 430 g/mol. The number of aromatic nitrogens is 2. The number of esters is 1. The van der Waals surface area contributed by atoms with Gasteiger partial charge in [-0.25, -0.2) is 8.42 Å². The lowest BCUT2D eigenvalue weighted by molar-refractivity contribution is -0.150. The second-order valence-corrected chi connectivity index (χ2v) is 9.28. The zero-order valence-corrected chi connectivity index (χ0v) is 17.6. The molecule has 1 aliphatic rings. The van der Waals surface area contributed by atoms with Gasteiger partial charge in [-0.2, -0.15) is 4.31 Å². The summed E-state index contributed by atoms with van der Waals surface area (Å²) in [5, 5.41) is 8.39. The van der Waals surface area contributed by atoms with Crippen molar-refractivity contribution in [3.05, 3.63) is 70.6 Å². The highest BCUT2D eigenvalue weighted by Gasteiger charge is 2.38. The molecule has 1 aliphatic heterocycles. The van der Waals surface area contributed by atoms with Crippen molar-refractivity contribution in [2.24, 2.45) is 0 Å². The molecule has 0 unspecified atom stereocenters. The van der Waals surface area contributed by atoms with Crippen LogP contribution in [0.5, 0.6) is 0 Å².